The second kappa shape index (κ2) is 13.6. The summed E-state index contributed by atoms with van der Waals surface area (Å²) >= 11 is 1.75. The molecule has 6 nitrogen and oxygen atoms in total. The number of guanidine groups is 1. The van der Waals surface area contributed by atoms with Crippen molar-refractivity contribution in [2.75, 3.05) is 27.3 Å². The summed E-state index contributed by atoms with van der Waals surface area (Å²) in [7, 11) is 3.31. The number of rotatable bonds is 10. The molecule has 2 rings (SSSR count). The third-order valence-corrected chi connectivity index (χ3v) is 5.05. The zero-order valence-electron chi connectivity index (χ0n) is 17.1. The van der Waals surface area contributed by atoms with Gasteiger partial charge >= 0.3 is 0 Å². The van der Waals surface area contributed by atoms with Crippen LogP contribution in [0.5, 0.6) is 11.5 Å². The van der Waals surface area contributed by atoms with Crippen LogP contribution in [0.4, 0.5) is 0 Å². The molecule has 0 fully saturated rings. The van der Waals surface area contributed by atoms with Crippen LogP contribution in [-0.4, -0.2) is 38.3 Å². The van der Waals surface area contributed by atoms with E-state index in [4.69, 9.17) is 9.47 Å². The molecule has 0 saturated carbocycles. The third-order valence-electron chi connectivity index (χ3n) is 4.02. The molecular formula is C20H31IN4O2S. The number of methoxy groups -OCH3 is 2. The Bertz CT molecular complexity index is 737. The van der Waals surface area contributed by atoms with Gasteiger partial charge in [0.25, 0.3) is 0 Å². The maximum Gasteiger partial charge on any atom is 0.191 e. The van der Waals surface area contributed by atoms with Crippen LogP contribution in [0.25, 0.3) is 0 Å². The first-order chi connectivity index (χ1) is 13.2. The molecule has 0 aliphatic heterocycles. The number of ether oxygens (including phenoxy) is 2. The number of benzene rings is 1. The summed E-state index contributed by atoms with van der Waals surface area (Å²) in [5, 5.41) is 10.0. The van der Waals surface area contributed by atoms with E-state index in [-0.39, 0.29) is 24.0 Å². The van der Waals surface area contributed by atoms with Crippen LogP contribution in [0.15, 0.2) is 28.6 Å². The van der Waals surface area contributed by atoms with Crippen LogP contribution in [0.3, 0.4) is 0 Å². The molecule has 0 amide bonds. The minimum absolute atomic E-state index is 0. The molecule has 8 heteroatoms. The van der Waals surface area contributed by atoms with E-state index in [0.717, 1.165) is 61.1 Å². The van der Waals surface area contributed by atoms with Gasteiger partial charge in [-0.3, -0.25) is 0 Å². The van der Waals surface area contributed by atoms with Gasteiger partial charge in [-0.05, 0) is 45.2 Å². The SMILES string of the molecule is CCNC(=NCc1ccc(OC)cc1OC)NCCCCc1nc(C)cs1.I. The van der Waals surface area contributed by atoms with Crippen molar-refractivity contribution in [1.82, 2.24) is 15.6 Å². The lowest BCUT2D eigenvalue weighted by atomic mass is 10.2. The number of hydrogen-bond donors (Lipinski definition) is 2. The largest absolute Gasteiger partial charge is 0.497 e. The minimum atomic E-state index is 0. The molecule has 0 aliphatic carbocycles. The number of halogens is 1. The van der Waals surface area contributed by atoms with E-state index >= 15 is 0 Å². The number of aliphatic imine (C=N–C) groups is 1. The molecule has 0 aliphatic rings. The Balaban J connectivity index is 0.00000392. The molecule has 2 aromatic rings. The molecule has 0 unspecified atom stereocenters. The van der Waals surface area contributed by atoms with Crippen LogP contribution >= 0.6 is 35.3 Å². The second-order valence-electron chi connectivity index (χ2n) is 6.14. The Hall–Kier alpha value is -1.55. The Morgan fingerprint density at radius 3 is 2.64 bits per heavy atom. The first-order valence-electron chi connectivity index (χ1n) is 9.30. The van der Waals surface area contributed by atoms with Gasteiger partial charge in [0.1, 0.15) is 11.5 Å². The van der Waals surface area contributed by atoms with Crippen molar-refractivity contribution in [3.8, 4) is 11.5 Å². The molecule has 156 valence electrons. The molecule has 0 saturated heterocycles. The van der Waals surface area contributed by atoms with E-state index in [1.54, 1.807) is 25.6 Å². The molecular weight excluding hydrogens is 487 g/mol. The first kappa shape index (κ1) is 24.5. The lowest BCUT2D eigenvalue weighted by Gasteiger charge is -2.12. The predicted octanol–water partition coefficient (Wildman–Crippen LogP) is 4.16. The molecule has 1 aromatic heterocycles. The normalized spacial score (nSPS) is 10.9. The first-order valence-corrected chi connectivity index (χ1v) is 10.2. The molecule has 0 radical (unpaired) electrons. The van der Waals surface area contributed by atoms with Crippen LogP contribution in [0, 0.1) is 6.92 Å². The van der Waals surface area contributed by atoms with E-state index < -0.39 is 0 Å². The third kappa shape index (κ3) is 8.22. The average molecular weight is 518 g/mol. The van der Waals surface area contributed by atoms with Gasteiger partial charge < -0.3 is 20.1 Å². The number of aryl methyl sites for hydroxylation is 2. The molecule has 0 bridgehead atoms. The highest BCUT2D eigenvalue weighted by Gasteiger charge is 2.05. The monoisotopic (exact) mass is 518 g/mol. The van der Waals surface area contributed by atoms with E-state index in [9.17, 15) is 0 Å². The fraction of sp³-hybridized carbons (Fsp3) is 0.500. The van der Waals surface area contributed by atoms with Gasteiger partial charge in [-0.25, -0.2) is 9.98 Å². The molecule has 28 heavy (non-hydrogen) atoms. The van der Waals surface area contributed by atoms with Crippen molar-refractivity contribution in [1.29, 1.82) is 0 Å². The summed E-state index contributed by atoms with van der Waals surface area (Å²) in [6, 6.07) is 5.79. The smallest absolute Gasteiger partial charge is 0.191 e. The Morgan fingerprint density at radius 1 is 1.18 bits per heavy atom. The quantitative estimate of drug-likeness (QED) is 0.214. The van der Waals surface area contributed by atoms with Gasteiger partial charge in [0.2, 0.25) is 0 Å². The van der Waals surface area contributed by atoms with Crippen molar-refractivity contribution in [2.24, 2.45) is 4.99 Å². The van der Waals surface area contributed by atoms with Gasteiger partial charge in [-0.1, -0.05) is 0 Å². The summed E-state index contributed by atoms with van der Waals surface area (Å²) in [6.45, 7) is 6.36. The van der Waals surface area contributed by atoms with Gasteiger partial charge in [-0.15, -0.1) is 35.3 Å². The van der Waals surface area contributed by atoms with Crippen LogP contribution in [-0.2, 0) is 13.0 Å². The van der Waals surface area contributed by atoms with Crippen molar-refractivity contribution < 1.29 is 9.47 Å². The van der Waals surface area contributed by atoms with E-state index in [1.807, 2.05) is 25.1 Å². The number of hydrogen-bond acceptors (Lipinski definition) is 5. The zero-order chi connectivity index (χ0) is 19.5. The molecule has 1 aromatic carbocycles. The maximum atomic E-state index is 5.44. The number of nitrogens with one attached hydrogen (secondary N) is 2. The number of thiazole rings is 1. The number of aromatic nitrogens is 1. The fourth-order valence-electron chi connectivity index (χ4n) is 2.61. The van der Waals surface area contributed by atoms with Crippen LogP contribution < -0.4 is 20.1 Å². The molecule has 1 heterocycles. The highest BCUT2D eigenvalue weighted by Crippen LogP contribution is 2.25. The molecule has 0 atom stereocenters. The van der Waals surface area contributed by atoms with Crippen molar-refractivity contribution in [2.45, 2.75) is 39.7 Å². The van der Waals surface area contributed by atoms with Gasteiger partial charge in [-0.2, -0.15) is 0 Å². The topological polar surface area (TPSA) is 67.8 Å². The number of nitrogens with zero attached hydrogens (tertiary/aromatic N) is 2. The molecule has 0 spiro atoms. The van der Waals surface area contributed by atoms with Crippen molar-refractivity contribution in [3.05, 3.63) is 39.8 Å². The van der Waals surface area contributed by atoms with Crippen molar-refractivity contribution in [3.63, 3.8) is 0 Å². The van der Waals surface area contributed by atoms with E-state index in [0.29, 0.717) is 6.54 Å². The minimum Gasteiger partial charge on any atom is -0.497 e. The maximum absolute atomic E-state index is 5.44. The summed E-state index contributed by atoms with van der Waals surface area (Å²) in [6.07, 6.45) is 3.23. The number of unbranched alkanes of at least 4 members (excludes halogenated alkanes) is 1. The standard InChI is InChI=1S/C20H30N4O2S.HI/c1-5-21-20(22-11-7-6-8-19-24-15(2)14-27-19)23-13-16-9-10-17(25-3)12-18(16)26-4;/h9-10,12,14H,5-8,11,13H2,1-4H3,(H2,21,22,23);1H. The Morgan fingerprint density at radius 2 is 2.00 bits per heavy atom. The summed E-state index contributed by atoms with van der Waals surface area (Å²) in [5.74, 6) is 2.38. The second-order valence-corrected chi connectivity index (χ2v) is 7.08. The lowest BCUT2D eigenvalue weighted by Crippen LogP contribution is -2.37. The summed E-state index contributed by atoms with van der Waals surface area (Å²) in [4.78, 5) is 9.18. The summed E-state index contributed by atoms with van der Waals surface area (Å²) < 4.78 is 10.7. The van der Waals surface area contributed by atoms with Gasteiger partial charge in [0.05, 0.1) is 25.8 Å². The zero-order valence-corrected chi connectivity index (χ0v) is 20.2. The van der Waals surface area contributed by atoms with Crippen LogP contribution in [0.2, 0.25) is 0 Å². The van der Waals surface area contributed by atoms with E-state index in [2.05, 4.69) is 32.9 Å². The van der Waals surface area contributed by atoms with Gasteiger partial charge in [0, 0.05) is 35.8 Å². The highest BCUT2D eigenvalue weighted by molar-refractivity contribution is 14.0. The van der Waals surface area contributed by atoms with Crippen molar-refractivity contribution >= 4 is 41.3 Å². The average Bonchev–Trinajstić information content (AvgIpc) is 3.10. The summed E-state index contributed by atoms with van der Waals surface area (Å²) in [5.41, 5.74) is 2.14. The Labute approximate surface area is 189 Å². The highest BCUT2D eigenvalue weighted by atomic mass is 127. The Kier molecular flexibility index (Phi) is 11.9. The predicted molar refractivity (Wildman–Crippen MR) is 128 cm³/mol. The van der Waals surface area contributed by atoms with E-state index in [1.165, 1.54) is 5.01 Å². The molecule has 2 N–H and O–H groups in total. The van der Waals surface area contributed by atoms with Gasteiger partial charge in [0.15, 0.2) is 5.96 Å². The fourth-order valence-corrected chi connectivity index (χ4v) is 3.43. The lowest BCUT2D eigenvalue weighted by molar-refractivity contribution is 0.391. The van der Waals surface area contributed by atoms with Crippen LogP contribution in [0.1, 0.15) is 36.0 Å².